The maximum absolute atomic E-state index is 13.3. The van der Waals surface area contributed by atoms with Gasteiger partial charge in [-0.2, -0.15) is 83.4 Å². The number of halogens is 20. The molecule has 1 unspecified atom stereocenters. The van der Waals surface area contributed by atoms with Crippen LogP contribution in [0.5, 0.6) is 0 Å². The summed E-state index contributed by atoms with van der Waals surface area (Å²) in [5, 5.41) is -8.11. The van der Waals surface area contributed by atoms with Crippen LogP contribution >= 0.6 is 0 Å². The van der Waals surface area contributed by atoms with E-state index in [-0.39, 0.29) is 0 Å². The Hall–Kier alpha value is -1.49. The van der Waals surface area contributed by atoms with E-state index in [0.29, 0.717) is 0 Å². The Bertz CT molecular complexity index is 870. The van der Waals surface area contributed by atoms with Gasteiger partial charge in [0.2, 0.25) is 0 Å². The highest BCUT2D eigenvalue weighted by Crippen LogP contribution is 2.65. The lowest BCUT2D eigenvalue weighted by atomic mass is 9.88. The van der Waals surface area contributed by atoms with Crippen molar-refractivity contribution in [1.82, 2.24) is 0 Å². The second kappa shape index (κ2) is 7.75. The lowest BCUT2D eigenvalue weighted by Gasteiger charge is -2.44. The van der Waals surface area contributed by atoms with Crippen molar-refractivity contribution in [3.05, 3.63) is 0 Å². The van der Waals surface area contributed by atoms with Crippen molar-refractivity contribution in [3.8, 4) is 0 Å². The van der Waals surface area contributed by atoms with Gasteiger partial charge < -0.3 is 4.55 Å². The summed E-state index contributed by atoms with van der Waals surface area (Å²) in [4.78, 5) is 0. The molecule has 24 heteroatoms. The zero-order chi connectivity index (χ0) is 28.6. The monoisotopic (exact) mass is 581 g/mol. The minimum Gasteiger partial charge on any atom is -0.743 e. The fraction of sp³-hybridized carbons (Fsp3) is 1.00. The number of hydrogen-bond acceptors (Lipinski definition) is 3. The van der Waals surface area contributed by atoms with Gasteiger partial charge in [-0.25, -0.2) is 12.8 Å². The van der Waals surface area contributed by atoms with Gasteiger partial charge in [-0.1, -0.05) is 0 Å². The molecule has 0 N–H and O–H groups in total. The van der Waals surface area contributed by atoms with E-state index in [1.165, 1.54) is 0 Å². The molecule has 0 aliphatic rings. The van der Waals surface area contributed by atoms with Gasteiger partial charge in [0.1, 0.15) is 0 Å². The number of hydrogen-bond donors (Lipinski definition) is 0. The van der Waals surface area contributed by atoms with Gasteiger partial charge in [-0.05, 0) is 0 Å². The van der Waals surface area contributed by atoms with Crippen molar-refractivity contribution in [2.45, 2.75) is 59.1 Å². The Labute approximate surface area is 171 Å². The molecule has 0 spiro atoms. The highest BCUT2D eigenvalue weighted by Gasteiger charge is 2.96. The fourth-order valence-corrected chi connectivity index (χ4v) is 2.14. The van der Waals surface area contributed by atoms with E-state index in [4.69, 9.17) is 0 Å². The van der Waals surface area contributed by atoms with Gasteiger partial charge >= 0.3 is 52.9 Å². The molecule has 0 radical (unpaired) electrons. The Morgan fingerprint density at radius 2 is 0.706 bits per heavy atom. The molecule has 0 amide bonds. The van der Waals surface area contributed by atoms with Gasteiger partial charge in [0, 0.05) is 0 Å². The summed E-state index contributed by atoms with van der Waals surface area (Å²) in [6.45, 7) is 0. The third-order valence-electron chi connectivity index (χ3n) is 3.68. The molecule has 0 aromatic rings. The van der Waals surface area contributed by atoms with Crippen LogP contribution in [0.15, 0.2) is 0 Å². The van der Waals surface area contributed by atoms with Crippen molar-refractivity contribution in [2.24, 2.45) is 0 Å². The second-order valence-electron chi connectivity index (χ2n) is 5.94. The van der Waals surface area contributed by atoms with Gasteiger partial charge in [0.15, 0.2) is 10.1 Å². The Kier molecular flexibility index (Phi) is 7.41. The largest absolute Gasteiger partial charge is 0.743 e. The van der Waals surface area contributed by atoms with Crippen LogP contribution in [-0.4, -0.2) is 72.0 Å². The maximum atomic E-state index is 13.3. The summed E-state index contributed by atoms with van der Waals surface area (Å²) >= 11 is 0. The molecule has 0 aliphatic heterocycles. The normalized spacial score (nSPS) is 17.7. The minimum absolute atomic E-state index is 6.62. The highest BCUT2D eigenvalue weighted by molar-refractivity contribution is 7.86. The summed E-state index contributed by atoms with van der Waals surface area (Å²) < 4.78 is 287. The first-order chi connectivity index (χ1) is 14.2. The van der Waals surface area contributed by atoms with Crippen LogP contribution < -0.4 is 0 Å². The van der Waals surface area contributed by atoms with E-state index < -0.39 is 69.2 Å². The van der Waals surface area contributed by atoms with Gasteiger partial charge in [-0.3, -0.25) is 0 Å². The standard InChI is InChI=1S/C10H2F20O3S/c11-1(3(14,15)16)2(12,13)4(17,18)5(19,20)6(21,22)7(23,24)8(25,26)9(27,28)10(29,30)34(31,32)33/h1H,(H,31,32,33)/p-1. The average molecular weight is 581 g/mol. The summed E-state index contributed by atoms with van der Waals surface area (Å²) in [7, 11) is -8.29. The topological polar surface area (TPSA) is 57.2 Å². The molecule has 0 aromatic carbocycles. The van der Waals surface area contributed by atoms with Gasteiger partial charge in [0.05, 0.1) is 0 Å². The molecule has 0 fully saturated rings. The highest BCUT2D eigenvalue weighted by atomic mass is 32.2. The van der Waals surface area contributed by atoms with Crippen LogP contribution in [-0.2, 0) is 10.1 Å². The van der Waals surface area contributed by atoms with Crippen LogP contribution in [0.1, 0.15) is 0 Å². The second-order valence-corrected chi connectivity index (χ2v) is 7.37. The van der Waals surface area contributed by atoms with Gasteiger partial charge in [-0.15, -0.1) is 0 Å². The third-order valence-corrected chi connectivity index (χ3v) is 4.56. The first-order valence-corrected chi connectivity index (χ1v) is 8.25. The van der Waals surface area contributed by atoms with Crippen molar-refractivity contribution in [3.63, 3.8) is 0 Å². The lowest BCUT2D eigenvalue weighted by Crippen LogP contribution is -2.76. The summed E-state index contributed by atoms with van der Waals surface area (Å²) in [5.74, 6) is -62.3. The first-order valence-electron chi connectivity index (χ1n) is 6.84. The van der Waals surface area contributed by atoms with E-state index >= 15 is 0 Å². The molecule has 0 saturated carbocycles. The van der Waals surface area contributed by atoms with Crippen LogP contribution in [0.2, 0.25) is 0 Å². The summed E-state index contributed by atoms with van der Waals surface area (Å²) in [5.41, 5.74) is 0. The quantitative estimate of drug-likeness (QED) is 0.268. The molecule has 3 nitrogen and oxygen atoms in total. The van der Waals surface area contributed by atoms with E-state index in [2.05, 4.69) is 0 Å². The Morgan fingerprint density at radius 1 is 0.471 bits per heavy atom. The Morgan fingerprint density at radius 3 is 0.941 bits per heavy atom. The van der Waals surface area contributed by atoms with Crippen LogP contribution in [0.3, 0.4) is 0 Å². The zero-order valence-electron chi connectivity index (χ0n) is 14.3. The van der Waals surface area contributed by atoms with Crippen molar-refractivity contribution in [2.75, 3.05) is 0 Å². The van der Waals surface area contributed by atoms with E-state index in [1.807, 2.05) is 0 Å². The van der Waals surface area contributed by atoms with Crippen molar-refractivity contribution in [1.29, 1.82) is 0 Å². The SMILES string of the molecule is O=S(=O)([O-])C(F)(F)C(F)(F)C(F)(F)C(F)(F)C(F)(F)C(F)(F)C(F)(F)C(F)(F)C(F)C(F)(F)F. The molecule has 0 saturated heterocycles. The van der Waals surface area contributed by atoms with E-state index in [9.17, 15) is 101 Å². The van der Waals surface area contributed by atoms with Crippen LogP contribution in [0.25, 0.3) is 0 Å². The van der Waals surface area contributed by atoms with Crippen LogP contribution in [0, 0.1) is 0 Å². The average Bonchev–Trinajstić information content (AvgIpc) is 2.57. The maximum Gasteiger partial charge on any atom is 0.425 e. The Balaban J connectivity index is 7.07. The smallest absolute Gasteiger partial charge is 0.425 e. The fourth-order valence-electron chi connectivity index (χ4n) is 1.70. The molecule has 206 valence electrons. The van der Waals surface area contributed by atoms with Crippen LogP contribution in [0.4, 0.5) is 87.8 Å². The zero-order valence-corrected chi connectivity index (χ0v) is 15.1. The van der Waals surface area contributed by atoms with Crippen molar-refractivity contribution >= 4 is 10.1 Å². The summed E-state index contributed by atoms with van der Waals surface area (Å²) in [6.07, 6.45) is -14.0. The molecule has 1 atom stereocenters. The predicted octanol–water partition coefficient (Wildman–Crippen LogP) is 5.47. The molecule has 34 heavy (non-hydrogen) atoms. The van der Waals surface area contributed by atoms with Gasteiger partial charge in [0.25, 0.3) is 6.17 Å². The summed E-state index contributed by atoms with van der Waals surface area (Å²) in [6, 6.07) is 0. The number of alkyl halides is 20. The minimum atomic E-state index is -9.21. The molecule has 0 aliphatic carbocycles. The lowest BCUT2D eigenvalue weighted by molar-refractivity contribution is -0.455. The molecular weight excluding hydrogens is 580 g/mol. The third kappa shape index (κ3) is 3.90. The molecule has 0 bridgehead atoms. The molecular formula is C10HF20O3S-. The number of rotatable bonds is 9. The first kappa shape index (κ1) is 32.5. The molecule has 0 rings (SSSR count). The van der Waals surface area contributed by atoms with E-state index in [1.54, 1.807) is 0 Å². The predicted molar refractivity (Wildman–Crippen MR) is 60.2 cm³/mol. The molecule has 0 heterocycles. The van der Waals surface area contributed by atoms with E-state index in [0.717, 1.165) is 0 Å². The van der Waals surface area contributed by atoms with Crippen molar-refractivity contribution < 1.29 is 101 Å². The molecule has 0 aromatic heterocycles.